The fraction of sp³-hybridized carbons (Fsp3) is 0.150. The van der Waals surface area contributed by atoms with E-state index < -0.39 is 0 Å². The molecule has 2 N–H and O–H groups in total. The lowest BCUT2D eigenvalue weighted by Gasteiger charge is -2.03. The lowest BCUT2D eigenvalue weighted by Crippen LogP contribution is -2.12. The highest BCUT2D eigenvalue weighted by Gasteiger charge is 2.09. The summed E-state index contributed by atoms with van der Waals surface area (Å²) in [7, 11) is 0. The van der Waals surface area contributed by atoms with E-state index in [1.54, 1.807) is 24.3 Å². The SMILES string of the molecule is CC(=O)Nc1ccc(-c2csc(NC(=O)CCc3cccc(F)c3)n2)cc1. The zero-order chi connectivity index (χ0) is 19.2. The highest BCUT2D eigenvalue weighted by atomic mass is 32.1. The van der Waals surface area contributed by atoms with Crippen molar-refractivity contribution in [3.05, 3.63) is 65.3 Å². The van der Waals surface area contributed by atoms with Gasteiger partial charge in [0.1, 0.15) is 5.82 Å². The van der Waals surface area contributed by atoms with Crippen LogP contribution in [0.3, 0.4) is 0 Å². The molecule has 3 aromatic rings. The van der Waals surface area contributed by atoms with Crippen LogP contribution in [0.25, 0.3) is 11.3 Å². The third-order valence-corrected chi connectivity index (χ3v) is 4.54. The van der Waals surface area contributed by atoms with Gasteiger partial charge >= 0.3 is 0 Å². The van der Waals surface area contributed by atoms with Crippen molar-refractivity contribution in [2.45, 2.75) is 19.8 Å². The summed E-state index contributed by atoms with van der Waals surface area (Å²) in [6.45, 7) is 1.46. The molecule has 0 spiro atoms. The van der Waals surface area contributed by atoms with E-state index in [2.05, 4.69) is 15.6 Å². The van der Waals surface area contributed by atoms with Gasteiger partial charge in [0.05, 0.1) is 5.69 Å². The predicted molar refractivity (Wildman–Crippen MR) is 105 cm³/mol. The number of carbonyl (C=O) groups excluding carboxylic acids is 2. The summed E-state index contributed by atoms with van der Waals surface area (Å²) in [5.74, 6) is -0.595. The number of hydrogen-bond acceptors (Lipinski definition) is 4. The number of benzene rings is 2. The highest BCUT2D eigenvalue weighted by Crippen LogP contribution is 2.26. The van der Waals surface area contributed by atoms with Crippen molar-refractivity contribution in [3.63, 3.8) is 0 Å². The van der Waals surface area contributed by atoms with Crippen LogP contribution in [-0.2, 0) is 16.0 Å². The molecule has 0 bridgehead atoms. The van der Waals surface area contributed by atoms with Crippen molar-refractivity contribution in [1.82, 2.24) is 4.98 Å². The molecule has 27 heavy (non-hydrogen) atoms. The van der Waals surface area contributed by atoms with E-state index in [4.69, 9.17) is 0 Å². The number of halogens is 1. The number of aromatic nitrogens is 1. The number of hydrogen-bond donors (Lipinski definition) is 2. The van der Waals surface area contributed by atoms with E-state index in [1.807, 2.05) is 17.5 Å². The van der Waals surface area contributed by atoms with Crippen LogP contribution in [-0.4, -0.2) is 16.8 Å². The van der Waals surface area contributed by atoms with Gasteiger partial charge in [-0.2, -0.15) is 0 Å². The molecule has 0 unspecified atom stereocenters. The Bertz CT molecular complexity index is 954. The summed E-state index contributed by atoms with van der Waals surface area (Å²) < 4.78 is 13.2. The van der Waals surface area contributed by atoms with Gasteiger partial charge in [0, 0.05) is 30.0 Å². The van der Waals surface area contributed by atoms with Crippen LogP contribution >= 0.6 is 11.3 Å². The van der Waals surface area contributed by atoms with Crippen molar-refractivity contribution < 1.29 is 14.0 Å². The largest absolute Gasteiger partial charge is 0.326 e. The van der Waals surface area contributed by atoms with Crippen LogP contribution < -0.4 is 10.6 Å². The van der Waals surface area contributed by atoms with E-state index in [-0.39, 0.29) is 24.1 Å². The quantitative estimate of drug-likeness (QED) is 0.659. The van der Waals surface area contributed by atoms with Gasteiger partial charge in [-0.25, -0.2) is 9.37 Å². The van der Waals surface area contributed by atoms with Crippen LogP contribution in [0, 0.1) is 5.82 Å². The van der Waals surface area contributed by atoms with E-state index in [9.17, 15) is 14.0 Å². The van der Waals surface area contributed by atoms with Gasteiger partial charge < -0.3 is 10.6 Å². The van der Waals surface area contributed by atoms with Gasteiger partial charge in [0.2, 0.25) is 11.8 Å². The van der Waals surface area contributed by atoms with Crippen LogP contribution in [0.2, 0.25) is 0 Å². The monoisotopic (exact) mass is 383 g/mol. The molecule has 0 radical (unpaired) electrons. The van der Waals surface area contributed by atoms with Crippen molar-refractivity contribution >= 4 is 34.0 Å². The van der Waals surface area contributed by atoms with Crippen LogP contribution in [0.5, 0.6) is 0 Å². The first-order valence-electron chi connectivity index (χ1n) is 8.37. The van der Waals surface area contributed by atoms with Crippen molar-refractivity contribution in [2.24, 2.45) is 0 Å². The summed E-state index contributed by atoms with van der Waals surface area (Å²) >= 11 is 1.34. The van der Waals surface area contributed by atoms with Crippen LogP contribution in [0.4, 0.5) is 15.2 Å². The standard InChI is InChI=1S/C20H18FN3O2S/c1-13(25)22-17-8-6-15(7-9-17)18-12-27-20(23-18)24-19(26)10-5-14-3-2-4-16(21)11-14/h2-4,6-9,11-12H,5,10H2,1H3,(H,22,25)(H,23,24,26). The number of rotatable bonds is 6. The summed E-state index contributed by atoms with van der Waals surface area (Å²) in [5, 5.41) is 7.85. The van der Waals surface area contributed by atoms with Gasteiger partial charge in [-0.1, -0.05) is 24.3 Å². The summed E-state index contributed by atoms with van der Waals surface area (Å²) in [6.07, 6.45) is 0.718. The first kappa shape index (κ1) is 18.7. The Hall–Kier alpha value is -3.06. The molecule has 1 heterocycles. The van der Waals surface area contributed by atoms with Crippen LogP contribution in [0.1, 0.15) is 18.9 Å². The second kappa shape index (κ2) is 8.55. The number of aryl methyl sites for hydroxylation is 1. The molecule has 0 aliphatic carbocycles. The molecule has 0 aliphatic rings. The molecule has 0 atom stereocenters. The molecule has 138 valence electrons. The molecule has 0 aliphatic heterocycles. The summed E-state index contributed by atoms with van der Waals surface area (Å²) in [4.78, 5) is 27.6. The maximum atomic E-state index is 13.2. The molecule has 3 rings (SSSR count). The molecule has 5 nitrogen and oxygen atoms in total. The number of amides is 2. The maximum Gasteiger partial charge on any atom is 0.226 e. The highest BCUT2D eigenvalue weighted by molar-refractivity contribution is 7.14. The van der Waals surface area contributed by atoms with E-state index in [0.717, 1.165) is 16.8 Å². The Balaban J connectivity index is 1.57. The average molecular weight is 383 g/mol. The average Bonchev–Trinajstić information content (AvgIpc) is 3.08. The van der Waals surface area contributed by atoms with Crippen LogP contribution in [0.15, 0.2) is 53.9 Å². The Morgan fingerprint density at radius 3 is 2.59 bits per heavy atom. The van der Waals surface area contributed by atoms with Gasteiger partial charge in [-0.05, 0) is 36.2 Å². The number of anilines is 2. The first-order valence-corrected chi connectivity index (χ1v) is 9.25. The minimum absolute atomic E-state index is 0.125. The third-order valence-electron chi connectivity index (χ3n) is 3.78. The Morgan fingerprint density at radius 1 is 1.11 bits per heavy atom. The summed E-state index contributed by atoms with van der Waals surface area (Å²) in [6, 6.07) is 13.5. The lowest BCUT2D eigenvalue weighted by molar-refractivity contribution is -0.116. The molecule has 0 saturated carbocycles. The first-order chi connectivity index (χ1) is 13.0. The molecular formula is C20H18FN3O2S. The smallest absolute Gasteiger partial charge is 0.226 e. The maximum absolute atomic E-state index is 13.2. The minimum Gasteiger partial charge on any atom is -0.326 e. The Morgan fingerprint density at radius 2 is 1.89 bits per heavy atom. The number of nitrogens with one attached hydrogen (secondary N) is 2. The van der Waals surface area contributed by atoms with E-state index >= 15 is 0 Å². The molecule has 2 aromatic carbocycles. The van der Waals surface area contributed by atoms with Gasteiger partial charge in [-0.15, -0.1) is 11.3 Å². The van der Waals surface area contributed by atoms with Crippen molar-refractivity contribution in [2.75, 3.05) is 10.6 Å². The molecule has 1 aromatic heterocycles. The van der Waals surface area contributed by atoms with E-state index in [0.29, 0.717) is 17.2 Å². The zero-order valence-corrected chi connectivity index (χ0v) is 15.5. The fourth-order valence-electron chi connectivity index (χ4n) is 2.52. The van der Waals surface area contributed by atoms with Crippen molar-refractivity contribution in [1.29, 1.82) is 0 Å². The van der Waals surface area contributed by atoms with Crippen molar-refractivity contribution in [3.8, 4) is 11.3 Å². The molecule has 2 amide bonds. The van der Waals surface area contributed by atoms with Gasteiger partial charge in [0.15, 0.2) is 5.13 Å². The molecular weight excluding hydrogens is 365 g/mol. The number of nitrogens with zero attached hydrogens (tertiary/aromatic N) is 1. The normalized spacial score (nSPS) is 10.4. The molecule has 7 heteroatoms. The summed E-state index contributed by atoms with van der Waals surface area (Å²) in [5.41, 5.74) is 3.13. The topological polar surface area (TPSA) is 71.1 Å². The lowest BCUT2D eigenvalue weighted by atomic mass is 10.1. The van der Waals surface area contributed by atoms with E-state index in [1.165, 1.54) is 30.4 Å². The minimum atomic E-state index is -0.304. The number of thiazole rings is 1. The second-order valence-corrected chi connectivity index (χ2v) is 6.83. The fourth-order valence-corrected chi connectivity index (χ4v) is 3.26. The second-order valence-electron chi connectivity index (χ2n) is 5.97. The molecule has 0 saturated heterocycles. The zero-order valence-electron chi connectivity index (χ0n) is 14.7. The Labute approximate surface area is 160 Å². The Kier molecular flexibility index (Phi) is 5.93. The number of carbonyl (C=O) groups is 2. The molecule has 0 fully saturated rings. The van der Waals surface area contributed by atoms with Gasteiger partial charge in [0.25, 0.3) is 0 Å². The predicted octanol–water partition coefficient (Wildman–Crippen LogP) is 4.48. The van der Waals surface area contributed by atoms with Gasteiger partial charge in [-0.3, -0.25) is 9.59 Å². The third kappa shape index (κ3) is 5.46.